The fourth-order valence-corrected chi connectivity index (χ4v) is 2.47. The lowest BCUT2D eigenvalue weighted by Gasteiger charge is -2.19. The third kappa shape index (κ3) is 3.40. The van der Waals surface area contributed by atoms with Crippen molar-refractivity contribution < 1.29 is 4.74 Å². The van der Waals surface area contributed by atoms with Crippen molar-refractivity contribution in [2.75, 3.05) is 14.2 Å². The van der Waals surface area contributed by atoms with Crippen LogP contribution >= 0.6 is 0 Å². The summed E-state index contributed by atoms with van der Waals surface area (Å²) in [7, 11) is 3.74. The number of hydrogen-bond acceptors (Lipinski definition) is 2. The van der Waals surface area contributed by atoms with Crippen molar-refractivity contribution in [3.63, 3.8) is 0 Å². The van der Waals surface area contributed by atoms with E-state index in [1.807, 2.05) is 13.1 Å². The first-order valence-electron chi connectivity index (χ1n) is 7.01. The second-order valence-corrected chi connectivity index (χ2v) is 5.27. The Morgan fingerprint density at radius 3 is 2.25 bits per heavy atom. The number of rotatable bonds is 5. The van der Waals surface area contributed by atoms with Gasteiger partial charge in [0.05, 0.1) is 7.11 Å². The normalized spacial score (nSPS) is 12.2. The van der Waals surface area contributed by atoms with Gasteiger partial charge in [-0.05, 0) is 44.5 Å². The van der Waals surface area contributed by atoms with E-state index in [2.05, 4.69) is 55.6 Å². The lowest BCUT2D eigenvalue weighted by Crippen LogP contribution is -2.19. The van der Waals surface area contributed by atoms with E-state index in [-0.39, 0.29) is 0 Å². The van der Waals surface area contributed by atoms with Crippen LogP contribution in [0.25, 0.3) is 0 Å². The molecule has 0 aliphatic carbocycles. The molecular weight excluding hydrogens is 246 g/mol. The molecule has 2 nitrogen and oxygen atoms in total. The zero-order chi connectivity index (χ0) is 14.5. The van der Waals surface area contributed by atoms with E-state index in [1.54, 1.807) is 7.11 Å². The van der Waals surface area contributed by atoms with E-state index in [4.69, 9.17) is 4.74 Å². The number of methoxy groups -OCH3 is 1. The van der Waals surface area contributed by atoms with Crippen LogP contribution in [0.15, 0.2) is 42.5 Å². The zero-order valence-corrected chi connectivity index (χ0v) is 12.7. The van der Waals surface area contributed by atoms with E-state index >= 15 is 0 Å². The third-order valence-electron chi connectivity index (χ3n) is 3.69. The van der Waals surface area contributed by atoms with Crippen LogP contribution in [-0.2, 0) is 6.42 Å². The summed E-state index contributed by atoms with van der Waals surface area (Å²) < 4.78 is 5.47. The SMILES string of the molecule is CNC(Cc1cc(C)ccc1OC)c1ccc(C)cc1. The fraction of sp³-hybridized carbons (Fsp3) is 0.333. The van der Waals surface area contributed by atoms with Crippen LogP contribution in [0.2, 0.25) is 0 Å². The highest BCUT2D eigenvalue weighted by Crippen LogP contribution is 2.26. The largest absolute Gasteiger partial charge is 0.496 e. The monoisotopic (exact) mass is 269 g/mol. The molecule has 1 unspecified atom stereocenters. The molecule has 2 aromatic rings. The zero-order valence-electron chi connectivity index (χ0n) is 12.7. The molecule has 0 aliphatic heterocycles. The molecule has 0 spiro atoms. The molecule has 0 bridgehead atoms. The minimum atomic E-state index is 0.297. The summed E-state index contributed by atoms with van der Waals surface area (Å²) in [6, 6.07) is 15.3. The second-order valence-electron chi connectivity index (χ2n) is 5.27. The lowest BCUT2D eigenvalue weighted by molar-refractivity contribution is 0.406. The average Bonchev–Trinajstić information content (AvgIpc) is 2.46. The van der Waals surface area contributed by atoms with E-state index < -0.39 is 0 Å². The Labute approximate surface area is 121 Å². The van der Waals surface area contributed by atoms with Gasteiger partial charge in [0, 0.05) is 6.04 Å². The Bertz CT molecular complexity index is 560. The van der Waals surface area contributed by atoms with Gasteiger partial charge in [0.1, 0.15) is 5.75 Å². The smallest absolute Gasteiger partial charge is 0.122 e. The first-order valence-corrected chi connectivity index (χ1v) is 7.01. The van der Waals surface area contributed by atoms with Gasteiger partial charge in [-0.25, -0.2) is 0 Å². The Balaban J connectivity index is 2.26. The van der Waals surface area contributed by atoms with Crippen molar-refractivity contribution in [2.24, 2.45) is 0 Å². The van der Waals surface area contributed by atoms with Crippen molar-refractivity contribution >= 4 is 0 Å². The maximum atomic E-state index is 5.47. The van der Waals surface area contributed by atoms with Gasteiger partial charge in [0.15, 0.2) is 0 Å². The predicted octanol–water partition coefficient (Wildman–Crippen LogP) is 3.82. The number of likely N-dealkylation sites (N-methyl/N-ethyl adjacent to an activating group) is 1. The van der Waals surface area contributed by atoms with Crippen LogP contribution in [0.1, 0.15) is 28.3 Å². The van der Waals surface area contributed by atoms with Crippen LogP contribution < -0.4 is 10.1 Å². The summed E-state index contributed by atoms with van der Waals surface area (Å²) in [5, 5.41) is 3.40. The summed E-state index contributed by atoms with van der Waals surface area (Å²) in [5.74, 6) is 0.961. The molecule has 0 amide bonds. The Hall–Kier alpha value is -1.80. The van der Waals surface area contributed by atoms with Crippen molar-refractivity contribution in [3.05, 3.63) is 64.7 Å². The molecule has 0 saturated carbocycles. The molecule has 2 heteroatoms. The van der Waals surface area contributed by atoms with Gasteiger partial charge in [-0.3, -0.25) is 0 Å². The molecule has 0 heterocycles. The fourth-order valence-electron chi connectivity index (χ4n) is 2.47. The molecule has 0 fully saturated rings. The molecule has 2 aromatic carbocycles. The Kier molecular flexibility index (Phi) is 4.80. The van der Waals surface area contributed by atoms with Crippen molar-refractivity contribution in [2.45, 2.75) is 26.3 Å². The van der Waals surface area contributed by atoms with Gasteiger partial charge >= 0.3 is 0 Å². The molecule has 106 valence electrons. The summed E-state index contributed by atoms with van der Waals surface area (Å²) in [6.45, 7) is 4.23. The first-order chi connectivity index (χ1) is 9.63. The first kappa shape index (κ1) is 14.6. The quantitative estimate of drug-likeness (QED) is 0.891. The third-order valence-corrected chi connectivity index (χ3v) is 3.69. The summed E-state index contributed by atoms with van der Waals surface area (Å²) >= 11 is 0. The minimum Gasteiger partial charge on any atom is -0.496 e. The number of nitrogens with one attached hydrogen (secondary N) is 1. The van der Waals surface area contributed by atoms with E-state index in [0.717, 1.165) is 12.2 Å². The number of ether oxygens (including phenoxy) is 1. The van der Waals surface area contributed by atoms with E-state index in [1.165, 1.54) is 22.3 Å². The van der Waals surface area contributed by atoms with Crippen LogP contribution in [0.5, 0.6) is 5.75 Å². The highest BCUT2D eigenvalue weighted by molar-refractivity contribution is 5.38. The van der Waals surface area contributed by atoms with Gasteiger partial charge in [-0.2, -0.15) is 0 Å². The van der Waals surface area contributed by atoms with Crippen molar-refractivity contribution in [1.82, 2.24) is 5.32 Å². The van der Waals surface area contributed by atoms with Crippen molar-refractivity contribution in [3.8, 4) is 5.75 Å². The molecular formula is C18H23NO. The molecule has 1 N–H and O–H groups in total. The van der Waals surface area contributed by atoms with Crippen LogP contribution in [-0.4, -0.2) is 14.2 Å². The second kappa shape index (κ2) is 6.58. The number of aryl methyl sites for hydroxylation is 2. The molecule has 0 saturated heterocycles. The standard InChI is InChI=1S/C18H23NO/c1-13-5-8-15(9-6-13)17(19-3)12-16-11-14(2)7-10-18(16)20-4/h5-11,17,19H,12H2,1-4H3. The summed E-state index contributed by atoms with van der Waals surface area (Å²) in [4.78, 5) is 0. The predicted molar refractivity (Wildman–Crippen MR) is 84.4 cm³/mol. The average molecular weight is 269 g/mol. The number of benzene rings is 2. The molecule has 0 radical (unpaired) electrons. The Morgan fingerprint density at radius 2 is 1.65 bits per heavy atom. The van der Waals surface area contributed by atoms with Gasteiger partial charge < -0.3 is 10.1 Å². The lowest BCUT2D eigenvalue weighted by atomic mass is 9.96. The molecule has 20 heavy (non-hydrogen) atoms. The maximum Gasteiger partial charge on any atom is 0.122 e. The van der Waals surface area contributed by atoms with E-state index in [9.17, 15) is 0 Å². The summed E-state index contributed by atoms with van der Waals surface area (Å²) in [6.07, 6.45) is 0.921. The van der Waals surface area contributed by atoms with E-state index in [0.29, 0.717) is 6.04 Å². The van der Waals surface area contributed by atoms with Crippen LogP contribution in [0.3, 0.4) is 0 Å². The highest BCUT2D eigenvalue weighted by atomic mass is 16.5. The molecule has 0 aliphatic rings. The summed E-state index contributed by atoms with van der Waals surface area (Å²) in [5.41, 5.74) is 5.10. The molecule has 0 aromatic heterocycles. The van der Waals surface area contributed by atoms with Gasteiger partial charge in [0.25, 0.3) is 0 Å². The Morgan fingerprint density at radius 1 is 1.00 bits per heavy atom. The van der Waals surface area contributed by atoms with Gasteiger partial charge in [-0.1, -0.05) is 47.5 Å². The van der Waals surface area contributed by atoms with Gasteiger partial charge in [-0.15, -0.1) is 0 Å². The van der Waals surface area contributed by atoms with Crippen LogP contribution in [0, 0.1) is 13.8 Å². The highest BCUT2D eigenvalue weighted by Gasteiger charge is 2.13. The molecule has 2 rings (SSSR count). The maximum absolute atomic E-state index is 5.47. The topological polar surface area (TPSA) is 21.3 Å². The van der Waals surface area contributed by atoms with Gasteiger partial charge in [0.2, 0.25) is 0 Å². The van der Waals surface area contributed by atoms with Crippen LogP contribution in [0.4, 0.5) is 0 Å². The minimum absolute atomic E-state index is 0.297. The molecule has 1 atom stereocenters. The van der Waals surface area contributed by atoms with Crippen molar-refractivity contribution in [1.29, 1.82) is 0 Å². The number of hydrogen-bond donors (Lipinski definition) is 1.